The first kappa shape index (κ1) is 16.5. The molecule has 1 aromatic carbocycles. The van der Waals surface area contributed by atoms with Gasteiger partial charge in [0.15, 0.2) is 0 Å². The molecule has 1 aliphatic rings. The molecular formula is C18H26N2O2. The Bertz CT molecular complexity index is 555. The highest BCUT2D eigenvalue weighted by Gasteiger charge is 2.36. The van der Waals surface area contributed by atoms with Gasteiger partial charge in [-0.15, -0.1) is 0 Å². The first-order valence-corrected chi connectivity index (χ1v) is 7.90. The minimum absolute atomic E-state index is 0.0198. The molecule has 22 heavy (non-hydrogen) atoms. The lowest BCUT2D eigenvalue weighted by Gasteiger charge is -2.23. The molecule has 1 unspecified atom stereocenters. The summed E-state index contributed by atoms with van der Waals surface area (Å²) in [5, 5.41) is 2.96. The molecule has 0 aromatic heterocycles. The molecular weight excluding hydrogens is 276 g/mol. The maximum Gasteiger partial charge on any atom is 0.227 e. The molecule has 1 heterocycles. The molecule has 1 aromatic rings. The van der Waals surface area contributed by atoms with Gasteiger partial charge < -0.3 is 10.2 Å². The lowest BCUT2D eigenvalue weighted by molar-refractivity contribution is -0.127. The third-order valence-corrected chi connectivity index (χ3v) is 3.87. The van der Waals surface area contributed by atoms with Gasteiger partial charge in [0.1, 0.15) is 0 Å². The third kappa shape index (κ3) is 3.87. The van der Waals surface area contributed by atoms with Crippen molar-refractivity contribution in [3.8, 4) is 0 Å². The van der Waals surface area contributed by atoms with E-state index in [4.69, 9.17) is 0 Å². The summed E-state index contributed by atoms with van der Waals surface area (Å²) in [5.74, 6) is 0.179. The van der Waals surface area contributed by atoms with Crippen LogP contribution in [0.15, 0.2) is 24.3 Å². The molecule has 120 valence electrons. The number of carbonyl (C=O) groups is 2. The summed E-state index contributed by atoms with van der Waals surface area (Å²) >= 11 is 0. The molecule has 0 saturated carbocycles. The van der Waals surface area contributed by atoms with Crippen molar-refractivity contribution in [1.82, 2.24) is 5.32 Å². The number of anilines is 1. The topological polar surface area (TPSA) is 49.4 Å². The van der Waals surface area contributed by atoms with Crippen LogP contribution in [0.3, 0.4) is 0 Å². The zero-order valence-electron chi connectivity index (χ0n) is 14.1. The summed E-state index contributed by atoms with van der Waals surface area (Å²) in [6.07, 6.45) is 0.286. The molecule has 0 spiro atoms. The van der Waals surface area contributed by atoms with Crippen LogP contribution in [0.2, 0.25) is 0 Å². The molecule has 0 radical (unpaired) electrons. The average Bonchev–Trinajstić information content (AvgIpc) is 2.79. The fourth-order valence-electron chi connectivity index (χ4n) is 2.64. The summed E-state index contributed by atoms with van der Waals surface area (Å²) in [6.45, 7) is 10.6. The van der Waals surface area contributed by atoms with E-state index in [1.54, 1.807) is 4.90 Å². The molecule has 1 atom stereocenters. The van der Waals surface area contributed by atoms with Crippen molar-refractivity contribution < 1.29 is 9.59 Å². The summed E-state index contributed by atoms with van der Waals surface area (Å²) in [5.41, 5.74) is 1.85. The van der Waals surface area contributed by atoms with Crippen LogP contribution in [0.25, 0.3) is 0 Å². The van der Waals surface area contributed by atoms with Crippen molar-refractivity contribution in [3.05, 3.63) is 29.8 Å². The highest BCUT2D eigenvalue weighted by Crippen LogP contribution is 2.27. The Morgan fingerprint density at radius 2 is 1.82 bits per heavy atom. The second kappa shape index (κ2) is 6.11. The van der Waals surface area contributed by atoms with Gasteiger partial charge in [-0.1, -0.05) is 26.0 Å². The Labute approximate surface area is 132 Å². The van der Waals surface area contributed by atoms with Gasteiger partial charge in [0.2, 0.25) is 11.8 Å². The van der Waals surface area contributed by atoms with Crippen LogP contribution in [0.1, 0.15) is 52.5 Å². The van der Waals surface area contributed by atoms with E-state index in [0.29, 0.717) is 12.5 Å². The summed E-state index contributed by atoms with van der Waals surface area (Å²) in [7, 11) is 0. The quantitative estimate of drug-likeness (QED) is 0.933. The van der Waals surface area contributed by atoms with E-state index in [0.717, 1.165) is 5.69 Å². The lowest BCUT2D eigenvalue weighted by atomic mass is 10.0. The van der Waals surface area contributed by atoms with Crippen molar-refractivity contribution in [2.75, 3.05) is 11.4 Å². The number of hydrogen-bond donors (Lipinski definition) is 1. The maximum absolute atomic E-state index is 12.2. The minimum atomic E-state index is -0.271. The van der Waals surface area contributed by atoms with Crippen molar-refractivity contribution in [2.24, 2.45) is 5.92 Å². The molecule has 4 heteroatoms. The normalized spacial score (nSPS) is 18.9. The summed E-state index contributed by atoms with van der Waals surface area (Å²) in [6, 6.07) is 8.04. The van der Waals surface area contributed by atoms with E-state index in [2.05, 4.69) is 31.3 Å². The molecule has 0 bridgehead atoms. The number of carbonyl (C=O) groups excluding carboxylic acids is 2. The van der Waals surface area contributed by atoms with Crippen molar-refractivity contribution in [1.29, 1.82) is 0 Å². The van der Waals surface area contributed by atoms with Crippen LogP contribution < -0.4 is 10.2 Å². The Morgan fingerprint density at radius 3 is 2.32 bits per heavy atom. The van der Waals surface area contributed by atoms with E-state index in [-0.39, 0.29) is 29.7 Å². The van der Waals surface area contributed by atoms with Gasteiger partial charge in [-0.05, 0) is 44.4 Å². The number of nitrogens with one attached hydrogen (secondary N) is 1. The number of amides is 2. The van der Waals surface area contributed by atoms with E-state index in [9.17, 15) is 9.59 Å². The lowest BCUT2D eigenvalue weighted by Crippen LogP contribution is -2.44. The molecule has 1 N–H and O–H groups in total. The predicted octanol–water partition coefficient (Wildman–Crippen LogP) is 3.08. The smallest absolute Gasteiger partial charge is 0.227 e. The van der Waals surface area contributed by atoms with Gasteiger partial charge in [0.25, 0.3) is 0 Å². The molecule has 4 nitrogen and oxygen atoms in total. The van der Waals surface area contributed by atoms with Crippen LogP contribution in [0.5, 0.6) is 0 Å². The van der Waals surface area contributed by atoms with Crippen LogP contribution in [0.4, 0.5) is 5.69 Å². The Hall–Kier alpha value is -1.84. The Morgan fingerprint density at radius 1 is 1.23 bits per heavy atom. The van der Waals surface area contributed by atoms with Gasteiger partial charge in [-0.25, -0.2) is 0 Å². The maximum atomic E-state index is 12.2. The molecule has 0 aliphatic carbocycles. The fourth-order valence-corrected chi connectivity index (χ4v) is 2.64. The zero-order chi connectivity index (χ0) is 16.5. The largest absolute Gasteiger partial charge is 0.351 e. The van der Waals surface area contributed by atoms with Gasteiger partial charge in [-0.2, -0.15) is 0 Å². The van der Waals surface area contributed by atoms with Crippen LogP contribution in [-0.2, 0) is 9.59 Å². The third-order valence-electron chi connectivity index (χ3n) is 3.87. The van der Waals surface area contributed by atoms with Crippen LogP contribution >= 0.6 is 0 Å². The standard InChI is InChI=1S/C18H26N2O2/c1-12(2)13-6-8-15(9-7-13)20-11-14(10-16(20)21)17(22)19-18(3,4)5/h6-9,12,14H,10-11H2,1-5H3,(H,19,22). The van der Waals surface area contributed by atoms with E-state index >= 15 is 0 Å². The van der Waals surface area contributed by atoms with Gasteiger partial charge in [-0.3, -0.25) is 9.59 Å². The minimum Gasteiger partial charge on any atom is -0.351 e. The van der Waals surface area contributed by atoms with Gasteiger partial charge >= 0.3 is 0 Å². The van der Waals surface area contributed by atoms with Gasteiger partial charge in [0.05, 0.1) is 5.92 Å². The highest BCUT2D eigenvalue weighted by atomic mass is 16.2. The van der Waals surface area contributed by atoms with E-state index < -0.39 is 0 Å². The summed E-state index contributed by atoms with van der Waals surface area (Å²) < 4.78 is 0. The molecule has 2 rings (SSSR count). The van der Waals surface area contributed by atoms with Gasteiger partial charge in [0, 0.05) is 24.2 Å². The van der Waals surface area contributed by atoms with E-state index in [1.807, 2.05) is 32.9 Å². The van der Waals surface area contributed by atoms with Crippen LogP contribution in [-0.4, -0.2) is 23.9 Å². The first-order valence-electron chi connectivity index (χ1n) is 7.90. The SMILES string of the molecule is CC(C)c1ccc(N2CC(C(=O)NC(C)(C)C)CC2=O)cc1. The Balaban J connectivity index is 2.08. The highest BCUT2D eigenvalue weighted by molar-refractivity contribution is 6.00. The molecule has 1 aliphatic heterocycles. The number of benzene rings is 1. The summed E-state index contributed by atoms with van der Waals surface area (Å²) in [4.78, 5) is 26.2. The second-order valence-corrected chi connectivity index (χ2v) is 7.39. The second-order valence-electron chi connectivity index (χ2n) is 7.39. The predicted molar refractivity (Wildman–Crippen MR) is 88.9 cm³/mol. The number of nitrogens with zero attached hydrogens (tertiary/aromatic N) is 1. The molecule has 1 saturated heterocycles. The molecule has 1 fully saturated rings. The van der Waals surface area contributed by atoms with Crippen molar-refractivity contribution in [3.63, 3.8) is 0 Å². The monoisotopic (exact) mass is 302 g/mol. The fraction of sp³-hybridized carbons (Fsp3) is 0.556. The average molecular weight is 302 g/mol. The zero-order valence-corrected chi connectivity index (χ0v) is 14.1. The Kier molecular flexibility index (Phi) is 4.59. The first-order chi connectivity index (χ1) is 10.2. The van der Waals surface area contributed by atoms with Crippen molar-refractivity contribution >= 4 is 17.5 Å². The van der Waals surface area contributed by atoms with Crippen molar-refractivity contribution in [2.45, 2.75) is 52.5 Å². The number of hydrogen-bond acceptors (Lipinski definition) is 2. The molecule has 2 amide bonds. The van der Waals surface area contributed by atoms with E-state index in [1.165, 1.54) is 5.56 Å². The van der Waals surface area contributed by atoms with Crippen LogP contribution in [0, 0.1) is 5.92 Å². The number of rotatable bonds is 3.